The normalized spacial score (nSPS) is 62.2. The number of aliphatic hydroxyl groups is 5. The van der Waals surface area contributed by atoms with Crippen molar-refractivity contribution in [2.75, 3.05) is 6.61 Å². The first kappa shape index (κ1) is 30.9. The third-order valence-electron chi connectivity index (χ3n) is 15.9. The molecule has 0 aromatic heterocycles. The number of rotatable bonds is 3. The Morgan fingerprint density at radius 2 is 1.52 bits per heavy atom. The molecule has 8 aliphatic rings. The first-order valence-corrected chi connectivity index (χ1v) is 17.5. The quantitative estimate of drug-likeness (QED) is 0.301. The van der Waals surface area contributed by atoms with Crippen molar-refractivity contribution in [2.45, 2.75) is 160 Å². The van der Waals surface area contributed by atoms with E-state index in [1.54, 1.807) is 13.8 Å². The molecule has 250 valence electrons. The zero-order chi connectivity index (χ0) is 31.6. The average Bonchev–Trinajstić information content (AvgIpc) is 3.45. The van der Waals surface area contributed by atoms with E-state index in [1.165, 1.54) is 6.42 Å². The minimum Gasteiger partial charge on any atom is -0.388 e. The summed E-state index contributed by atoms with van der Waals surface area (Å²) < 4.78 is 25.8. The van der Waals surface area contributed by atoms with Crippen LogP contribution in [0.25, 0.3) is 0 Å². The molecule has 4 unspecified atom stereocenters. The molecule has 0 radical (unpaired) electrons. The number of hydrogen-bond donors (Lipinski definition) is 5. The van der Waals surface area contributed by atoms with E-state index in [0.717, 1.165) is 44.9 Å². The van der Waals surface area contributed by atoms with Crippen molar-refractivity contribution < 1.29 is 44.5 Å². The number of fused-ring (bicyclic) bond motifs is 4. The lowest BCUT2D eigenvalue weighted by atomic mass is 9.41. The maximum Gasteiger partial charge on any atom is 0.199 e. The molecule has 0 aromatic carbocycles. The Balaban J connectivity index is 1.10. The summed E-state index contributed by atoms with van der Waals surface area (Å²) in [4.78, 5) is 0. The Bertz CT molecular complexity index is 1200. The average molecular weight is 621 g/mol. The van der Waals surface area contributed by atoms with Gasteiger partial charge in [-0.1, -0.05) is 34.6 Å². The fourth-order valence-electron chi connectivity index (χ4n) is 14.0. The molecule has 3 aliphatic heterocycles. The Hall–Kier alpha value is -0.360. The fraction of sp³-hybridized carbons (Fsp3) is 1.00. The second kappa shape index (κ2) is 9.00. The van der Waals surface area contributed by atoms with Gasteiger partial charge >= 0.3 is 0 Å². The molecule has 5 saturated carbocycles. The van der Waals surface area contributed by atoms with Gasteiger partial charge in [0.1, 0.15) is 30.5 Å². The molecular formula is C35H56O9. The van der Waals surface area contributed by atoms with Crippen LogP contribution in [-0.4, -0.2) is 92.5 Å². The van der Waals surface area contributed by atoms with Crippen LogP contribution in [0.4, 0.5) is 0 Å². The predicted molar refractivity (Wildman–Crippen MR) is 159 cm³/mol. The molecule has 17 atom stereocenters. The van der Waals surface area contributed by atoms with Crippen molar-refractivity contribution in [3.63, 3.8) is 0 Å². The number of hydrogen-bond acceptors (Lipinski definition) is 9. The van der Waals surface area contributed by atoms with Gasteiger partial charge in [-0.15, -0.1) is 0 Å². The minimum atomic E-state index is -1.28. The zero-order valence-electron chi connectivity index (χ0n) is 27.7. The van der Waals surface area contributed by atoms with Crippen molar-refractivity contribution in [3.8, 4) is 0 Å². The van der Waals surface area contributed by atoms with Crippen LogP contribution in [-0.2, 0) is 18.9 Å². The molecule has 0 amide bonds. The van der Waals surface area contributed by atoms with Gasteiger partial charge in [0.2, 0.25) is 0 Å². The lowest BCUT2D eigenvalue weighted by molar-refractivity contribution is -0.303. The lowest BCUT2D eigenvalue weighted by Gasteiger charge is -2.63. The first-order chi connectivity index (χ1) is 20.4. The molecule has 3 spiro atoms. The van der Waals surface area contributed by atoms with Gasteiger partial charge in [-0.2, -0.15) is 0 Å². The van der Waals surface area contributed by atoms with Crippen LogP contribution in [0.1, 0.15) is 99.8 Å². The molecule has 8 rings (SSSR count). The highest BCUT2D eigenvalue weighted by molar-refractivity contribution is 5.34. The van der Waals surface area contributed by atoms with Crippen LogP contribution in [0, 0.1) is 50.7 Å². The standard InChI is InChI=1S/C35H56O9/c1-17-14-19-26(30(4,5)40)44-35(43-19)25(17)31(6)12-13-34-16-33(34)11-10-22(42-27-24(38)23(37)18(36)15-41-27)29(2,3)20(33)8-9-21(34)32(31,7)28(35)39/h17-28,36-40H,8-16H2,1-7H3/t17-,18-,19?,20+,21?,22?,23+,24-,25-,26+,27+,28-,31-,32-,33-,34+,35?/m1/s1. The van der Waals surface area contributed by atoms with E-state index >= 15 is 0 Å². The van der Waals surface area contributed by atoms with E-state index in [1.807, 2.05) is 0 Å². The maximum atomic E-state index is 12.7. The van der Waals surface area contributed by atoms with Gasteiger partial charge < -0.3 is 44.5 Å². The van der Waals surface area contributed by atoms with Crippen molar-refractivity contribution in [2.24, 2.45) is 50.7 Å². The summed E-state index contributed by atoms with van der Waals surface area (Å²) in [5.74, 6) is 0.108. The van der Waals surface area contributed by atoms with Crippen molar-refractivity contribution in [3.05, 3.63) is 0 Å². The third-order valence-corrected chi connectivity index (χ3v) is 15.9. The first-order valence-electron chi connectivity index (χ1n) is 17.5. The monoisotopic (exact) mass is 620 g/mol. The highest BCUT2D eigenvalue weighted by atomic mass is 16.8. The summed E-state index contributed by atoms with van der Waals surface area (Å²) >= 11 is 0. The summed E-state index contributed by atoms with van der Waals surface area (Å²) in [6.07, 6.45) is 2.00. The highest BCUT2D eigenvalue weighted by Crippen LogP contribution is 2.90. The zero-order valence-corrected chi connectivity index (χ0v) is 27.7. The van der Waals surface area contributed by atoms with Crippen LogP contribution >= 0.6 is 0 Å². The van der Waals surface area contributed by atoms with Crippen molar-refractivity contribution in [1.29, 1.82) is 0 Å². The summed E-state index contributed by atoms with van der Waals surface area (Å²) in [5, 5.41) is 54.5. The maximum absolute atomic E-state index is 12.7. The fourth-order valence-corrected chi connectivity index (χ4v) is 14.0. The summed E-state index contributed by atoms with van der Waals surface area (Å²) in [6, 6.07) is 0. The van der Waals surface area contributed by atoms with Gasteiger partial charge in [-0.05, 0) is 105 Å². The van der Waals surface area contributed by atoms with Crippen molar-refractivity contribution >= 4 is 0 Å². The molecule has 8 fully saturated rings. The topological polar surface area (TPSA) is 138 Å². The molecule has 0 aromatic rings. The van der Waals surface area contributed by atoms with Gasteiger partial charge in [-0.3, -0.25) is 0 Å². The Morgan fingerprint density at radius 3 is 2.23 bits per heavy atom. The van der Waals surface area contributed by atoms with E-state index in [2.05, 4.69) is 34.6 Å². The largest absolute Gasteiger partial charge is 0.388 e. The van der Waals surface area contributed by atoms with E-state index in [4.69, 9.17) is 18.9 Å². The van der Waals surface area contributed by atoms with Gasteiger partial charge in [0.25, 0.3) is 0 Å². The van der Waals surface area contributed by atoms with Gasteiger partial charge in [0.05, 0.1) is 24.4 Å². The van der Waals surface area contributed by atoms with Crippen LogP contribution in [0.15, 0.2) is 0 Å². The second-order valence-electron chi connectivity index (χ2n) is 18.3. The molecule has 9 heteroatoms. The summed E-state index contributed by atoms with van der Waals surface area (Å²) in [5.41, 5.74) is -1.39. The van der Waals surface area contributed by atoms with E-state index in [0.29, 0.717) is 17.8 Å². The van der Waals surface area contributed by atoms with Crippen LogP contribution in [0.2, 0.25) is 0 Å². The van der Waals surface area contributed by atoms with Gasteiger partial charge in [-0.25, -0.2) is 0 Å². The Labute approximate surface area is 262 Å². The van der Waals surface area contributed by atoms with Crippen LogP contribution in [0.3, 0.4) is 0 Å². The van der Waals surface area contributed by atoms with Crippen molar-refractivity contribution in [1.82, 2.24) is 0 Å². The van der Waals surface area contributed by atoms with Gasteiger partial charge in [0.15, 0.2) is 12.1 Å². The predicted octanol–water partition coefficient (Wildman–Crippen LogP) is 3.12. The molecule has 5 N–H and O–H groups in total. The second-order valence-corrected chi connectivity index (χ2v) is 18.3. The SMILES string of the molecule is C[C@@H]1CC2OC3(O[C@@H]2C(C)(C)O)[C@H]1[C@@]1(C)CC[C@@]24C[C@@]25CCC(O[C@@H]2OC[C@@H](O)[C@H](O)[C@H]2O)C(C)(C)[C@@H]5CCC4[C@]1(C)[C@H]3O. The molecule has 44 heavy (non-hydrogen) atoms. The van der Waals surface area contributed by atoms with Gasteiger partial charge in [0, 0.05) is 11.3 Å². The molecule has 9 nitrogen and oxygen atoms in total. The van der Waals surface area contributed by atoms with E-state index < -0.39 is 48.2 Å². The number of ether oxygens (including phenoxy) is 4. The Morgan fingerprint density at radius 1 is 0.841 bits per heavy atom. The summed E-state index contributed by atoms with van der Waals surface area (Å²) in [7, 11) is 0. The lowest BCUT2D eigenvalue weighted by Crippen LogP contribution is -2.61. The smallest absolute Gasteiger partial charge is 0.199 e. The molecule has 5 aliphatic carbocycles. The summed E-state index contributed by atoms with van der Waals surface area (Å²) in [6.45, 7) is 15.2. The molecule has 3 heterocycles. The van der Waals surface area contributed by atoms with Crippen LogP contribution in [0.5, 0.6) is 0 Å². The Kier molecular flexibility index (Phi) is 6.33. The highest BCUT2D eigenvalue weighted by Gasteiger charge is 2.88. The third kappa shape index (κ3) is 3.38. The van der Waals surface area contributed by atoms with E-state index in [9.17, 15) is 25.5 Å². The van der Waals surface area contributed by atoms with E-state index in [-0.39, 0.29) is 51.8 Å². The molecule has 2 bridgehead atoms. The minimum absolute atomic E-state index is 0.0559. The van der Waals surface area contributed by atoms with Crippen LogP contribution < -0.4 is 0 Å². The molecule has 3 saturated heterocycles. The number of aliphatic hydroxyl groups excluding tert-OH is 4. The molecular weight excluding hydrogens is 564 g/mol.